The molecule has 34 heavy (non-hydrogen) atoms. The molecule has 2 fully saturated rings. The molecule has 0 bridgehead atoms. The number of anilines is 1. The van der Waals surface area contributed by atoms with Gasteiger partial charge in [-0.05, 0) is 13.8 Å². The number of aryl methyl sites for hydroxylation is 1. The summed E-state index contributed by atoms with van der Waals surface area (Å²) in [7, 11) is 1.81. The third-order valence-electron chi connectivity index (χ3n) is 6.81. The van der Waals surface area contributed by atoms with E-state index in [0.29, 0.717) is 35.0 Å². The van der Waals surface area contributed by atoms with Crippen LogP contribution in [0.25, 0.3) is 22.6 Å². The van der Waals surface area contributed by atoms with Gasteiger partial charge in [0.15, 0.2) is 16.9 Å². The molecule has 12 nitrogen and oxygen atoms in total. The van der Waals surface area contributed by atoms with E-state index in [-0.39, 0.29) is 23.1 Å². The second kappa shape index (κ2) is 7.00. The number of urea groups is 1. The highest BCUT2D eigenvalue weighted by Crippen LogP contribution is 2.50. The first-order chi connectivity index (χ1) is 16.2. The van der Waals surface area contributed by atoms with Crippen LogP contribution in [0.3, 0.4) is 0 Å². The Kier molecular flexibility index (Phi) is 4.33. The average molecular weight is 486 g/mol. The van der Waals surface area contributed by atoms with Crippen molar-refractivity contribution in [2.45, 2.75) is 38.5 Å². The minimum absolute atomic E-state index is 0.0859. The van der Waals surface area contributed by atoms with Gasteiger partial charge in [0, 0.05) is 32.4 Å². The SMILES string of the molecule is C[C@@H]1CN2c3c(nc4c(-c5nccn5C)noc4c3Cl)CC3(C(=O)NC(=O)NC3=O)[C@H]2[C@H](C)O1. The lowest BCUT2D eigenvalue weighted by atomic mass is 9.67. The van der Waals surface area contributed by atoms with Gasteiger partial charge in [0.2, 0.25) is 17.4 Å². The summed E-state index contributed by atoms with van der Waals surface area (Å²) in [6.07, 6.45) is 2.57. The van der Waals surface area contributed by atoms with Crippen molar-refractivity contribution in [1.82, 2.24) is 30.3 Å². The molecule has 1 spiro atoms. The third-order valence-corrected chi connectivity index (χ3v) is 7.16. The fourth-order valence-electron chi connectivity index (χ4n) is 5.50. The lowest BCUT2D eigenvalue weighted by Crippen LogP contribution is -2.75. The van der Waals surface area contributed by atoms with E-state index in [1.165, 1.54) is 0 Å². The molecular formula is C21H20ClN7O5. The van der Waals surface area contributed by atoms with Gasteiger partial charge in [-0.3, -0.25) is 20.2 Å². The summed E-state index contributed by atoms with van der Waals surface area (Å²) in [5, 5.41) is 8.95. The van der Waals surface area contributed by atoms with E-state index in [1.54, 1.807) is 23.9 Å². The number of nitrogens with zero attached hydrogens (tertiary/aromatic N) is 5. The van der Waals surface area contributed by atoms with Crippen molar-refractivity contribution >= 4 is 46.2 Å². The number of aromatic nitrogens is 4. The van der Waals surface area contributed by atoms with Crippen LogP contribution in [0.15, 0.2) is 16.9 Å². The van der Waals surface area contributed by atoms with Crippen LogP contribution in [0.2, 0.25) is 5.02 Å². The molecule has 3 atom stereocenters. The first-order valence-corrected chi connectivity index (χ1v) is 11.1. The maximum atomic E-state index is 13.3. The molecule has 2 N–H and O–H groups in total. The van der Waals surface area contributed by atoms with Crippen LogP contribution in [-0.4, -0.2) is 62.3 Å². The Morgan fingerprint density at radius 3 is 2.62 bits per heavy atom. The number of carbonyl (C=O) groups excluding carboxylic acids is 3. The highest BCUT2D eigenvalue weighted by molar-refractivity contribution is 6.38. The van der Waals surface area contributed by atoms with Gasteiger partial charge in [-0.2, -0.15) is 0 Å². The summed E-state index contributed by atoms with van der Waals surface area (Å²) in [5.41, 5.74) is 0.381. The number of nitrogens with one attached hydrogen (secondary N) is 2. The Bertz CT molecular complexity index is 1380. The molecule has 0 saturated carbocycles. The second-order valence-electron chi connectivity index (χ2n) is 8.93. The van der Waals surface area contributed by atoms with Gasteiger partial charge in [0.1, 0.15) is 10.5 Å². The topological polar surface area (TPSA) is 144 Å². The maximum absolute atomic E-state index is 13.3. The van der Waals surface area contributed by atoms with E-state index < -0.39 is 35.4 Å². The maximum Gasteiger partial charge on any atom is 0.328 e. The van der Waals surface area contributed by atoms with Crippen LogP contribution in [0, 0.1) is 5.41 Å². The zero-order chi connectivity index (χ0) is 23.9. The van der Waals surface area contributed by atoms with Crippen molar-refractivity contribution in [2.75, 3.05) is 11.4 Å². The molecule has 3 aliphatic heterocycles. The predicted molar refractivity (Wildman–Crippen MR) is 118 cm³/mol. The molecule has 3 aromatic rings. The molecule has 3 aliphatic rings. The Labute approximate surface area is 197 Å². The first kappa shape index (κ1) is 21.1. The van der Waals surface area contributed by atoms with E-state index >= 15 is 0 Å². The van der Waals surface area contributed by atoms with Crippen LogP contribution in [0.1, 0.15) is 19.5 Å². The number of hydrogen-bond donors (Lipinski definition) is 2. The van der Waals surface area contributed by atoms with E-state index in [9.17, 15) is 14.4 Å². The number of ether oxygens (including phenoxy) is 1. The fraction of sp³-hybridized carbons (Fsp3) is 0.429. The predicted octanol–water partition coefficient (Wildman–Crippen LogP) is 1.17. The number of hydrogen-bond acceptors (Lipinski definition) is 9. The summed E-state index contributed by atoms with van der Waals surface area (Å²) in [6, 6.07) is -1.58. The van der Waals surface area contributed by atoms with Gasteiger partial charge in [-0.25, -0.2) is 14.8 Å². The van der Waals surface area contributed by atoms with E-state index in [1.807, 2.05) is 18.9 Å². The van der Waals surface area contributed by atoms with Gasteiger partial charge in [-0.1, -0.05) is 16.8 Å². The van der Waals surface area contributed by atoms with Gasteiger partial charge in [0.05, 0.1) is 29.6 Å². The number of carbonyl (C=O) groups is 3. The summed E-state index contributed by atoms with van der Waals surface area (Å²) in [6.45, 7) is 4.04. The van der Waals surface area contributed by atoms with Gasteiger partial charge < -0.3 is 18.7 Å². The van der Waals surface area contributed by atoms with Crippen LogP contribution in [-0.2, 0) is 27.8 Å². The van der Waals surface area contributed by atoms with E-state index in [4.69, 9.17) is 25.8 Å². The molecular weight excluding hydrogens is 466 g/mol. The summed E-state index contributed by atoms with van der Waals surface area (Å²) < 4.78 is 13.4. The summed E-state index contributed by atoms with van der Waals surface area (Å²) in [5.74, 6) is -0.864. The Morgan fingerprint density at radius 2 is 1.94 bits per heavy atom. The molecule has 3 aromatic heterocycles. The lowest BCUT2D eigenvalue weighted by Gasteiger charge is -2.55. The minimum Gasteiger partial charge on any atom is -0.372 e. The Morgan fingerprint density at radius 1 is 1.21 bits per heavy atom. The third kappa shape index (κ3) is 2.63. The number of halogens is 1. The number of fused-ring (bicyclic) bond motifs is 5. The molecule has 0 aromatic carbocycles. The first-order valence-electron chi connectivity index (χ1n) is 10.8. The summed E-state index contributed by atoms with van der Waals surface area (Å²) in [4.78, 5) is 49.5. The molecule has 4 amide bonds. The zero-order valence-corrected chi connectivity index (χ0v) is 19.2. The average Bonchev–Trinajstić information content (AvgIpc) is 3.37. The normalized spacial score (nSPS) is 25.8. The molecule has 6 rings (SSSR count). The van der Waals surface area contributed by atoms with Gasteiger partial charge in [-0.15, -0.1) is 0 Å². The molecule has 2 saturated heterocycles. The zero-order valence-electron chi connectivity index (χ0n) is 18.5. The molecule has 0 radical (unpaired) electrons. The number of barbiturate groups is 1. The minimum atomic E-state index is -1.65. The van der Waals surface area contributed by atoms with Crippen LogP contribution < -0.4 is 15.5 Å². The molecule has 6 heterocycles. The van der Waals surface area contributed by atoms with Crippen molar-refractivity contribution in [3.63, 3.8) is 0 Å². The molecule has 0 unspecified atom stereocenters. The monoisotopic (exact) mass is 485 g/mol. The Hall–Kier alpha value is -3.51. The molecule has 0 aliphatic carbocycles. The van der Waals surface area contributed by atoms with Crippen molar-refractivity contribution in [1.29, 1.82) is 0 Å². The van der Waals surface area contributed by atoms with Crippen molar-refractivity contribution in [2.24, 2.45) is 12.5 Å². The quantitative estimate of drug-likeness (QED) is 0.485. The highest BCUT2D eigenvalue weighted by Gasteiger charge is 2.63. The van der Waals surface area contributed by atoms with Crippen LogP contribution >= 0.6 is 11.6 Å². The number of morpholine rings is 1. The number of amides is 4. The molecule has 176 valence electrons. The van der Waals surface area contributed by atoms with E-state index in [0.717, 1.165) is 0 Å². The van der Waals surface area contributed by atoms with Crippen molar-refractivity contribution in [3.8, 4) is 11.5 Å². The van der Waals surface area contributed by atoms with Crippen molar-refractivity contribution < 1.29 is 23.6 Å². The highest BCUT2D eigenvalue weighted by atomic mass is 35.5. The fourth-order valence-corrected chi connectivity index (χ4v) is 5.84. The van der Waals surface area contributed by atoms with Gasteiger partial charge >= 0.3 is 6.03 Å². The van der Waals surface area contributed by atoms with E-state index in [2.05, 4.69) is 20.8 Å². The lowest BCUT2D eigenvalue weighted by molar-refractivity contribution is -0.153. The van der Waals surface area contributed by atoms with Crippen LogP contribution in [0.4, 0.5) is 10.5 Å². The second-order valence-corrected chi connectivity index (χ2v) is 9.30. The standard InChI is InChI=1S/C21H20ClN7O5/c1-8-7-29-14-10(6-21(16(29)9(2)33-8)18(30)25-20(32)26-19(21)31)24-12-13(17-23-4-5-28(17)3)27-34-15(12)11(14)22/h4-5,8-9,16H,6-7H2,1-3H3,(H2,25,26,30,31,32)/t8-,9+,16-/m1/s1. The molecule has 13 heteroatoms. The smallest absolute Gasteiger partial charge is 0.328 e. The van der Waals surface area contributed by atoms with Crippen LogP contribution in [0.5, 0.6) is 0 Å². The largest absolute Gasteiger partial charge is 0.372 e. The Balaban J connectivity index is 1.61. The number of imidazole rings is 1. The van der Waals surface area contributed by atoms with Crippen molar-refractivity contribution in [3.05, 3.63) is 23.1 Å². The number of rotatable bonds is 1. The number of imide groups is 2. The summed E-state index contributed by atoms with van der Waals surface area (Å²) >= 11 is 6.87. The number of pyridine rings is 1. The van der Waals surface area contributed by atoms with Gasteiger partial charge in [0.25, 0.3) is 0 Å².